The first kappa shape index (κ1) is 13.6. The monoisotopic (exact) mass is 328 g/mol. The van der Waals surface area contributed by atoms with Crippen molar-refractivity contribution in [3.8, 4) is 11.3 Å². The Hall–Kier alpha value is -2.84. The minimum Gasteiger partial charge on any atom is -0.353 e. The van der Waals surface area contributed by atoms with Gasteiger partial charge in [0.15, 0.2) is 0 Å². The number of H-pyrrole nitrogens is 1. The third kappa shape index (κ3) is 1.87. The predicted molar refractivity (Wildman–Crippen MR) is 102 cm³/mol. The fraction of sp³-hybridized carbons (Fsp3) is 0. The maximum atomic E-state index is 6.50. The van der Waals surface area contributed by atoms with E-state index in [0.29, 0.717) is 0 Å². The highest BCUT2D eigenvalue weighted by atomic mass is 35.5. The summed E-state index contributed by atoms with van der Waals surface area (Å²) in [7, 11) is 0. The highest BCUT2D eigenvalue weighted by molar-refractivity contribution is 6.36. The Morgan fingerprint density at radius 2 is 1.62 bits per heavy atom. The predicted octanol–water partition coefficient (Wildman–Crippen LogP) is 6.19. The Morgan fingerprint density at radius 3 is 2.54 bits per heavy atom. The van der Waals surface area contributed by atoms with E-state index < -0.39 is 0 Å². The molecule has 0 radical (unpaired) electrons. The van der Waals surface area contributed by atoms with Crippen molar-refractivity contribution in [3.63, 3.8) is 0 Å². The molecule has 24 heavy (non-hydrogen) atoms. The summed E-state index contributed by atoms with van der Waals surface area (Å²) in [5.41, 5.74) is 4.15. The number of pyridine rings is 1. The number of fused-ring (bicyclic) bond motifs is 4. The SMILES string of the molecule is Clc1cccc2cccc(-c3nccc4c3[nH]c3ccccc34)c12. The molecule has 0 spiro atoms. The lowest BCUT2D eigenvalue weighted by Gasteiger charge is -2.09. The molecule has 0 aliphatic heterocycles. The second-order valence-corrected chi connectivity index (χ2v) is 6.30. The van der Waals surface area contributed by atoms with Crippen LogP contribution in [0.1, 0.15) is 0 Å². The molecule has 5 rings (SSSR count). The lowest BCUT2D eigenvalue weighted by atomic mass is 10.0. The molecule has 2 aromatic heterocycles. The van der Waals surface area contributed by atoms with Gasteiger partial charge in [-0.1, -0.05) is 60.1 Å². The van der Waals surface area contributed by atoms with Gasteiger partial charge >= 0.3 is 0 Å². The summed E-state index contributed by atoms with van der Waals surface area (Å²) in [6.07, 6.45) is 1.87. The Morgan fingerprint density at radius 1 is 0.792 bits per heavy atom. The zero-order valence-electron chi connectivity index (χ0n) is 12.8. The van der Waals surface area contributed by atoms with Crippen molar-refractivity contribution < 1.29 is 0 Å². The van der Waals surface area contributed by atoms with E-state index >= 15 is 0 Å². The van der Waals surface area contributed by atoms with Crippen molar-refractivity contribution in [2.24, 2.45) is 0 Å². The van der Waals surface area contributed by atoms with E-state index in [1.54, 1.807) is 0 Å². The van der Waals surface area contributed by atoms with Crippen LogP contribution in [0.25, 0.3) is 43.8 Å². The van der Waals surface area contributed by atoms with Gasteiger partial charge in [-0.2, -0.15) is 0 Å². The van der Waals surface area contributed by atoms with Crippen LogP contribution in [0.5, 0.6) is 0 Å². The number of halogens is 1. The summed E-state index contributed by atoms with van der Waals surface area (Å²) < 4.78 is 0. The fourth-order valence-corrected chi connectivity index (χ4v) is 3.75. The molecule has 5 aromatic rings. The average molecular weight is 329 g/mol. The number of para-hydroxylation sites is 1. The Kier molecular flexibility index (Phi) is 2.88. The van der Waals surface area contributed by atoms with E-state index in [1.807, 2.05) is 24.4 Å². The molecule has 0 aliphatic rings. The van der Waals surface area contributed by atoms with Crippen LogP contribution in [-0.2, 0) is 0 Å². The van der Waals surface area contributed by atoms with Gasteiger partial charge in [0.2, 0.25) is 0 Å². The van der Waals surface area contributed by atoms with Gasteiger partial charge in [0.05, 0.1) is 11.2 Å². The van der Waals surface area contributed by atoms with Crippen LogP contribution >= 0.6 is 11.6 Å². The van der Waals surface area contributed by atoms with E-state index in [0.717, 1.165) is 38.1 Å². The number of nitrogens with one attached hydrogen (secondary N) is 1. The van der Waals surface area contributed by atoms with E-state index in [2.05, 4.69) is 58.5 Å². The van der Waals surface area contributed by atoms with E-state index in [4.69, 9.17) is 11.6 Å². The number of rotatable bonds is 1. The lowest BCUT2D eigenvalue weighted by molar-refractivity contribution is 1.35. The molecule has 0 amide bonds. The van der Waals surface area contributed by atoms with E-state index in [-0.39, 0.29) is 0 Å². The minimum absolute atomic E-state index is 0.748. The largest absolute Gasteiger partial charge is 0.353 e. The molecule has 0 atom stereocenters. The van der Waals surface area contributed by atoms with Crippen molar-refractivity contribution in [2.45, 2.75) is 0 Å². The summed E-state index contributed by atoms with van der Waals surface area (Å²) in [6, 6.07) is 22.6. The number of aromatic nitrogens is 2. The van der Waals surface area contributed by atoms with Crippen LogP contribution in [0.2, 0.25) is 5.02 Å². The van der Waals surface area contributed by atoms with Gasteiger partial charge in [0, 0.05) is 38.5 Å². The molecule has 3 heteroatoms. The van der Waals surface area contributed by atoms with E-state index in [1.165, 1.54) is 10.8 Å². The van der Waals surface area contributed by atoms with Crippen LogP contribution in [0.4, 0.5) is 0 Å². The average Bonchev–Trinajstić information content (AvgIpc) is 3.00. The molecule has 0 unspecified atom stereocenters. The molecule has 3 aromatic carbocycles. The molecule has 2 nitrogen and oxygen atoms in total. The molecule has 1 N–H and O–H groups in total. The highest BCUT2D eigenvalue weighted by Gasteiger charge is 2.14. The minimum atomic E-state index is 0.748. The Balaban J connectivity index is 1.94. The Labute approximate surface area is 143 Å². The summed E-state index contributed by atoms with van der Waals surface area (Å²) in [5.74, 6) is 0. The van der Waals surface area contributed by atoms with Crippen molar-refractivity contribution in [3.05, 3.63) is 77.9 Å². The number of aromatic amines is 1. The molecular weight excluding hydrogens is 316 g/mol. The van der Waals surface area contributed by atoms with Gasteiger partial charge in [-0.15, -0.1) is 0 Å². The summed E-state index contributed by atoms with van der Waals surface area (Å²) in [5, 5.41) is 5.30. The number of nitrogens with zero attached hydrogens (tertiary/aromatic N) is 1. The van der Waals surface area contributed by atoms with Crippen molar-refractivity contribution in [2.75, 3.05) is 0 Å². The first-order chi connectivity index (χ1) is 11.8. The van der Waals surface area contributed by atoms with Crippen LogP contribution < -0.4 is 0 Å². The van der Waals surface area contributed by atoms with Gasteiger partial charge < -0.3 is 4.98 Å². The summed E-state index contributed by atoms with van der Waals surface area (Å²) in [6.45, 7) is 0. The summed E-state index contributed by atoms with van der Waals surface area (Å²) in [4.78, 5) is 8.20. The molecule has 0 aliphatic carbocycles. The standard InChI is InChI=1S/C21H13ClN2/c22-17-9-4-6-13-5-3-8-16(19(13)17)20-21-15(11-12-23-20)14-7-1-2-10-18(14)24-21/h1-12,24H. The normalized spacial score (nSPS) is 11.5. The maximum Gasteiger partial charge on any atom is 0.0949 e. The number of hydrogen-bond donors (Lipinski definition) is 1. The molecule has 2 heterocycles. The molecule has 0 fully saturated rings. The third-order valence-corrected chi connectivity index (χ3v) is 4.85. The Bertz CT molecular complexity index is 1220. The molecule has 0 saturated heterocycles. The fourth-order valence-electron chi connectivity index (χ4n) is 3.47. The molecular formula is C21H13ClN2. The summed E-state index contributed by atoms with van der Waals surface area (Å²) >= 11 is 6.50. The van der Waals surface area contributed by atoms with Gasteiger partial charge in [-0.05, 0) is 23.6 Å². The first-order valence-electron chi connectivity index (χ1n) is 7.86. The maximum absolute atomic E-state index is 6.50. The zero-order chi connectivity index (χ0) is 16.1. The number of benzene rings is 3. The van der Waals surface area contributed by atoms with Gasteiger partial charge in [0.1, 0.15) is 0 Å². The van der Waals surface area contributed by atoms with Gasteiger partial charge in [-0.3, -0.25) is 4.98 Å². The topological polar surface area (TPSA) is 28.7 Å². The third-order valence-electron chi connectivity index (χ3n) is 4.54. The second kappa shape index (κ2) is 5.08. The smallest absolute Gasteiger partial charge is 0.0949 e. The lowest BCUT2D eigenvalue weighted by Crippen LogP contribution is -1.88. The van der Waals surface area contributed by atoms with Crippen molar-refractivity contribution >= 4 is 44.2 Å². The van der Waals surface area contributed by atoms with Crippen LogP contribution in [0, 0.1) is 0 Å². The molecule has 114 valence electrons. The second-order valence-electron chi connectivity index (χ2n) is 5.90. The molecule has 0 saturated carbocycles. The van der Waals surface area contributed by atoms with E-state index in [9.17, 15) is 0 Å². The van der Waals surface area contributed by atoms with Crippen LogP contribution in [0.3, 0.4) is 0 Å². The highest BCUT2D eigenvalue weighted by Crippen LogP contribution is 2.37. The van der Waals surface area contributed by atoms with Gasteiger partial charge in [-0.25, -0.2) is 0 Å². The number of hydrogen-bond acceptors (Lipinski definition) is 1. The van der Waals surface area contributed by atoms with Crippen molar-refractivity contribution in [1.82, 2.24) is 9.97 Å². The van der Waals surface area contributed by atoms with Gasteiger partial charge in [0.25, 0.3) is 0 Å². The van der Waals surface area contributed by atoms with Crippen molar-refractivity contribution in [1.29, 1.82) is 0 Å². The zero-order valence-corrected chi connectivity index (χ0v) is 13.5. The van der Waals surface area contributed by atoms with Crippen LogP contribution in [0.15, 0.2) is 72.9 Å². The first-order valence-corrected chi connectivity index (χ1v) is 8.24. The molecule has 0 bridgehead atoms. The quantitative estimate of drug-likeness (QED) is 0.390. The van der Waals surface area contributed by atoms with Crippen LogP contribution in [-0.4, -0.2) is 9.97 Å².